The van der Waals surface area contributed by atoms with E-state index >= 15 is 0 Å². The number of hydrogen-bond acceptors (Lipinski definition) is 5. The van der Waals surface area contributed by atoms with Crippen molar-refractivity contribution >= 4 is 39.5 Å². The Bertz CT molecular complexity index is 488. The monoisotopic (exact) mass is 415 g/mol. The zero-order valence-electron chi connectivity index (χ0n) is 10.6. The molecule has 1 aromatic carbocycles. The molecule has 0 saturated heterocycles. The highest BCUT2D eigenvalue weighted by Gasteiger charge is 2.36. The molecule has 0 saturated carbocycles. The van der Waals surface area contributed by atoms with Crippen molar-refractivity contribution in [2.24, 2.45) is 5.73 Å². The molecule has 0 amide bonds. The minimum atomic E-state index is -3.52. The number of hydrogen-bond donors (Lipinski definition) is 2. The summed E-state index contributed by atoms with van der Waals surface area (Å²) < 4.78 is 24.1. The van der Waals surface area contributed by atoms with Crippen LogP contribution in [0.2, 0.25) is 0 Å². The third-order valence-electron chi connectivity index (χ3n) is 2.34. The molecule has 0 bridgehead atoms. The molecule has 8 heteroatoms. The molecule has 0 spiro atoms. The molecule has 0 aromatic heterocycles. The highest BCUT2D eigenvalue weighted by Crippen LogP contribution is 2.60. The Balaban J connectivity index is 3.24. The van der Waals surface area contributed by atoms with Gasteiger partial charge in [0.15, 0.2) is 0 Å². The number of nitrogens with two attached hydrogens (primary N) is 1. The van der Waals surface area contributed by atoms with Crippen LogP contribution in [0.5, 0.6) is 5.75 Å². The number of phenols is 1. The highest BCUT2D eigenvalue weighted by molar-refractivity contribution is 9.11. The topological polar surface area (TPSA) is 81.8 Å². The molecule has 0 aliphatic carbocycles. The van der Waals surface area contributed by atoms with Crippen LogP contribution in [-0.2, 0) is 13.6 Å². The Morgan fingerprint density at radius 1 is 1.32 bits per heavy atom. The fraction of sp³-hybridized carbons (Fsp3) is 0.455. The van der Waals surface area contributed by atoms with Crippen LogP contribution in [0.4, 0.5) is 0 Å². The van der Waals surface area contributed by atoms with Crippen LogP contribution in [0.3, 0.4) is 0 Å². The van der Waals surface area contributed by atoms with Crippen LogP contribution in [0, 0.1) is 0 Å². The Hall–Kier alpha value is 0.0900. The van der Waals surface area contributed by atoms with Crippen LogP contribution in [0.15, 0.2) is 21.1 Å². The van der Waals surface area contributed by atoms with Gasteiger partial charge in [-0.1, -0.05) is 15.9 Å². The summed E-state index contributed by atoms with van der Waals surface area (Å²) in [5.74, 6) is -1.13. The summed E-state index contributed by atoms with van der Waals surface area (Å²) in [4.78, 5) is 0. The smallest absolute Gasteiger partial charge is 0.351 e. The first-order chi connectivity index (χ1) is 8.85. The third kappa shape index (κ3) is 4.03. The van der Waals surface area contributed by atoms with E-state index in [1.165, 1.54) is 0 Å². The van der Waals surface area contributed by atoms with Gasteiger partial charge in [0, 0.05) is 10.0 Å². The molecule has 0 fully saturated rings. The van der Waals surface area contributed by atoms with Crippen molar-refractivity contribution < 1.29 is 18.7 Å². The largest absolute Gasteiger partial charge is 0.506 e. The maximum Gasteiger partial charge on any atom is 0.351 e. The molecule has 0 unspecified atom stereocenters. The van der Waals surface area contributed by atoms with Gasteiger partial charge in [0.1, 0.15) is 11.5 Å². The number of rotatable bonds is 6. The number of aromatic hydroxyl groups is 1. The van der Waals surface area contributed by atoms with Crippen molar-refractivity contribution in [3.8, 4) is 5.75 Å². The van der Waals surface area contributed by atoms with Gasteiger partial charge in [-0.15, -0.1) is 0 Å². The van der Waals surface area contributed by atoms with E-state index in [0.717, 1.165) is 0 Å². The number of halogens is 2. The van der Waals surface area contributed by atoms with Gasteiger partial charge in [-0.05, 0) is 41.9 Å². The van der Waals surface area contributed by atoms with Crippen molar-refractivity contribution in [3.63, 3.8) is 0 Å². The highest BCUT2D eigenvalue weighted by atomic mass is 79.9. The van der Waals surface area contributed by atoms with E-state index in [4.69, 9.17) is 14.8 Å². The molecule has 5 nitrogen and oxygen atoms in total. The van der Waals surface area contributed by atoms with Gasteiger partial charge in [0.2, 0.25) is 0 Å². The van der Waals surface area contributed by atoms with Gasteiger partial charge in [0.05, 0.1) is 17.7 Å². The minimum Gasteiger partial charge on any atom is -0.506 e. The summed E-state index contributed by atoms with van der Waals surface area (Å²) in [7, 11) is -3.52. The third-order valence-corrected chi connectivity index (χ3v) is 5.59. The Kier molecular flexibility index (Phi) is 6.50. The van der Waals surface area contributed by atoms with Gasteiger partial charge >= 0.3 is 7.60 Å². The second kappa shape index (κ2) is 7.20. The Labute approximate surface area is 129 Å². The van der Waals surface area contributed by atoms with Crippen LogP contribution in [-0.4, -0.2) is 18.3 Å². The molecule has 1 rings (SSSR count). The molecule has 1 atom stereocenters. The first kappa shape index (κ1) is 17.1. The molecular formula is C11H16Br2NO4P. The van der Waals surface area contributed by atoms with Gasteiger partial charge in [0.25, 0.3) is 0 Å². The predicted octanol–water partition coefficient (Wildman–Crippen LogP) is 4.14. The summed E-state index contributed by atoms with van der Waals surface area (Å²) in [5.41, 5.74) is 6.27. The summed E-state index contributed by atoms with van der Waals surface area (Å²) in [6.07, 6.45) is 0. The van der Waals surface area contributed by atoms with Crippen molar-refractivity contribution in [1.82, 2.24) is 0 Å². The SMILES string of the molecule is CCOP(=O)(OCC)[C@H](N)c1cc(Br)cc(Br)c1O. The second-order valence-corrected chi connectivity index (χ2v) is 7.57. The molecule has 108 valence electrons. The molecule has 0 aliphatic heterocycles. The maximum absolute atomic E-state index is 12.6. The standard InChI is InChI=1S/C11H16Br2NO4P/c1-3-17-19(16,18-4-2)11(14)8-5-7(12)6-9(13)10(8)15/h5-6,11,15H,3-4,14H2,1-2H3/t11-/m0/s1. The van der Waals surface area contributed by atoms with Crippen molar-refractivity contribution in [2.75, 3.05) is 13.2 Å². The summed E-state index contributed by atoms with van der Waals surface area (Å²) in [6, 6.07) is 3.26. The van der Waals surface area contributed by atoms with Crippen LogP contribution in [0.25, 0.3) is 0 Å². The van der Waals surface area contributed by atoms with Crippen molar-refractivity contribution in [2.45, 2.75) is 19.6 Å². The molecule has 0 aliphatic rings. The quantitative estimate of drug-likeness (QED) is 0.681. The van der Waals surface area contributed by atoms with E-state index in [9.17, 15) is 9.67 Å². The normalized spacial score (nSPS) is 13.5. The fourth-order valence-electron chi connectivity index (χ4n) is 1.54. The van der Waals surface area contributed by atoms with Crippen LogP contribution < -0.4 is 5.73 Å². The van der Waals surface area contributed by atoms with E-state index < -0.39 is 13.4 Å². The number of benzene rings is 1. The van der Waals surface area contributed by atoms with Crippen LogP contribution >= 0.6 is 39.5 Å². The molecule has 1 aromatic rings. The molecule has 19 heavy (non-hydrogen) atoms. The van der Waals surface area contributed by atoms with E-state index in [1.807, 2.05) is 0 Å². The average Bonchev–Trinajstić information content (AvgIpc) is 2.33. The van der Waals surface area contributed by atoms with Gasteiger partial charge in [-0.2, -0.15) is 0 Å². The second-order valence-electron chi connectivity index (χ2n) is 3.65. The average molecular weight is 417 g/mol. The van der Waals surface area contributed by atoms with E-state index in [-0.39, 0.29) is 19.0 Å². The maximum atomic E-state index is 12.6. The lowest BCUT2D eigenvalue weighted by molar-refractivity contribution is 0.212. The van der Waals surface area contributed by atoms with Gasteiger partial charge in [-0.25, -0.2) is 0 Å². The lowest BCUT2D eigenvalue weighted by Gasteiger charge is -2.24. The minimum absolute atomic E-state index is 0.0738. The van der Waals surface area contributed by atoms with Crippen molar-refractivity contribution in [1.29, 1.82) is 0 Å². The first-order valence-electron chi connectivity index (χ1n) is 5.68. The molecule has 3 N–H and O–H groups in total. The predicted molar refractivity (Wildman–Crippen MR) is 81.3 cm³/mol. The van der Waals surface area contributed by atoms with E-state index in [2.05, 4.69) is 31.9 Å². The number of phenolic OH excluding ortho intramolecular Hbond substituents is 1. The van der Waals surface area contributed by atoms with E-state index in [1.54, 1.807) is 26.0 Å². The Morgan fingerprint density at radius 2 is 1.84 bits per heavy atom. The lowest BCUT2D eigenvalue weighted by Crippen LogP contribution is -2.15. The fourth-order valence-corrected chi connectivity index (χ4v) is 4.45. The zero-order chi connectivity index (χ0) is 14.6. The van der Waals surface area contributed by atoms with Gasteiger partial charge < -0.3 is 19.9 Å². The first-order valence-corrected chi connectivity index (χ1v) is 8.87. The molecular weight excluding hydrogens is 401 g/mol. The summed E-state index contributed by atoms with van der Waals surface area (Å²) >= 11 is 6.50. The molecule has 0 radical (unpaired) electrons. The van der Waals surface area contributed by atoms with E-state index in [0.29, 0.717) is 14.5 Å². The lowest BCUT2D eigenvalue weighted by atomic mass is 10.2. The molecule has 0 heterocycles. The van der Waals surface area contributed by atoms with Crippen LogP contribution in [0.1, 0.15) is 25.2 Å². The Morgan fingerprint density at radius 3 is 2.32 bits per heavy atom. The van der Waals surface area contributed by atoms with Gasteiger partial charge in [-0.3, -0.25) is 4.57 Å². The van der Waals surface area contributed by atoms with Crippen molar-refractivity contribution in [3.05, 3.63) is 26.6 Å². The summed E-state index contributed by atoms with van der Waals surface area (Å²) in [5, 5.41) is 10.0. The summed E-state index contributed by atoms with van der Waals surface area (Å²) in [6.45, 7) is 3.83. The zero-order valence-corrected chi connectivity index (χ0v) is 14.7.